The number of carbonyl (C=O) groups is 3. The molecule has 1 heterocycles. The summed E-state index contributed by atoms with van der Waals surface area (Å²) in [6.07, 6.45) is 1.66. The predicted octanol–water partition coefficient (Wildman–Crippen LogP) is 3.12. The van der Waals surface area contributed by atoms with Gasteiger partial charge in [-0.2, -0.15) is 4.99 Å². The van der Waals surface area contributed by atoms with Gasteiger partial charge in [-0.15, -0.1) is 0 Å². The SMILES string of the molecule is CC(=O)NC1=NC(=O)C(=Cc2cccc(OCC(=O)Nc3ccc(C)cc3)c2)S1. The van der Waals surface area contributed by atoms with Crippen LogP contribution in [-0.2, 0) is 14.4 Å². The third kappa shape index (κ3) is 6.05. The van der Waals surface area contributed by atoms with Crippen LogP contribution in [0, 0.1) is 6.92 Å². The van der Waals surface area contributed by atoms with Gasteiger partial charge in [0.15, 0.2) is 11.8 Å². The number of benzene rings is 2. The number of nitrogens with zero attached hydrogens (tertiary/aromatic N) is 1. The smallest absolute Gasteiger partial charge is 0.286 e. The van der Waals surface area contributed by atoms with Crippen LogP contribution in [0.1, 0.15) is 18.1 Å². The van der Waals surface area contributed by atoms with Gasteiger partial charge in [-0.3, -0.25) is 14.4 Å². The van der Waals surface area contributed by atoms with Crippen molar-refractivity contribution in [2.45, 2.75) is 13.8 Å². The van der Waals surface area contributed by atoms with Gasteiger partial charge in [0.1, 0.15) is 5.75 Å². The van der Waals surface area contributed by atoms with Crippen LogP contribution in [0.2, 0.25) is 0 Å². The number of ether oxygens (including phenoxy) is 1. The van der Waals surface area contributed by atoms with E-state index in [1.54, 1.807) is 30.3 Å². The number of amides is 3. The Morgan fingerprint density at radius 3 is 2.62 bits per heavy atom. The lowest BCUT2D eigenvalue weighted by molar-refractivity contribution is -0.118. The van der Waals surface area contributed by atoms with Crippen molar-refractivity contribution in [1.29, 1.82) is 0 Å². The number of anilines is 1. The highest BCUT2D eigenvalue weighted by Gasteiger charge is 2.22. The van der Waals surface area contributed by atoms with E-state index in [0.717, 1.165) is 22.9 Å². The van der Waals surface area contributed by atoms with E-state index >= 15 is 0 Å². The van der Waals surface area contributed by atoms with Crippen LogP contribution < -0.4 is 15.4 Å². The van der Waals surface area contributed by atoms with Crippen molar-refractivity contribution in [3.8, 4) is 5.75 Å². The first-order chi connectivity index (χ1) is 13.9. The van der Waals surface area contributed by atoms with Crippen LogP contribution in [0.25, 0.3) is 6.08 Å². The van der Waals surface area contributed by atoms with Crippen molar-refractivity contribution in [2.75, 3.05) is 11.9 Å². The van der Waals surface area contributed by atoms with Crippen LogP contribution in [-0.4, -0.2) is 29.5 Å². The molecular formula is C21H19N3O4S. The normalized spacial score (nSPS) is 14.5. The monoisotopic (exact) mass is 409 g/mol. The summed E-state index contributed by atoms with van der Waals surface area (Å²) in [4.78, 5) is 39.3. The molecule has 2 aromatic rings. The van der Waals surface area contributed by atoms with Crippen molar-refractivity contribution in [3.05, 3.63) is 64.6 Å². The molecule has 0 fully saturated rings. The van der Waals surface area contributed by atoms with Crippen molar-refractivity contribution < 1.29 is 19.1 Å². The second-order valence-corrected chi connectivity index (χ2v) is 7.32. The summed E-state index contributed by atoms with van der Waals surface area (Å²) in [6, 6.07) is 14.5. The third-order valence-electron chi connectivity index (χ3n) is 3.76. The van der Waals surface area contributed by atoms with Gasteiger partial charge in [0, 0.05) is 12.6 Å². The van der Waals surface area contributed by atoms with Crippen LogP contribution in [0.15, 0.2) is 58.4 Å². The lowest BCUT2D eigenvalue weighted by Gasteiger charge is -2.08. The van der Waals surface area contributed by atoms with E-state index in [0.29, 0.717) is 16.3 Å². The molecule has 1 aliphatic rings. The zero-order valence-electron chi connectivity index (χ0n) is 15.9. The zero-order chi connectivity index (χ0) is 20.8. The maximum Gasteiger partial charge on any atom is 0.286 e. The minimum absolute atomic E-state index is 0.141. The highest BCUT2D eigenvalue weighted by Crippen LogP contribution is 2.28. The first-order valence-electron chi connectivity index (χ1n) is 8.78. The van der Waals surface area contributed by atoms with Crippen LogP contribution in [0.4, 0.5) is 5.69 Å². The molecular weight excluding hydrogens is 390 g/mol. The van der Waals surface area contributed by atoms with Gasteiger partial charge in [-0.25, -0.2) is 0 Å². The van der Waals surface area contributed by atoms with Gasteiger partial charge in [0.05, 0.1) is 4.91 Å². The van der Waals surface area contributed by atoms with Crippen LogP contribution >= 0.6 is 11.8 Å². The fourth-order valence-electron chi connectivity index (χ4n) is 2.44. The van der Waals surface area contributed by atoms with E-state index < -0.39 is 5.91 Å². The molecule has 29 heavy (non-hydrogen) atoms. The first-order valence-corrected chi connectivity index (χ1v) is 9.60. The summed E-state index contributed by atoms with van der Waals surface area (Å²) in [7, 11) is 0. The van der Waals surface area contributed by atoms with E-state index in [-0.39, 0.29) is 23.6 Å². The molecule has 7 nitrogen and oxygen atoms in total. The van der Waals surface area contributed by atoms with E-state index in [1.807, 2.05) is 31.2 Å². The van der Waals surface area contributed by atoms with Gasteiger partial charge in [-0.1, -0.05) is 29.8 Å². The highest BCUT2D eigenvalue weighted by atomic mass is 32.2. The number of aryl methyl sites for hydroxylation is 1. The summed E-state index contributed by atoms with van der Waals surface area (Å²) in [5.41, 5.74) is 2.53. The number of thioether (sulfide) groups is 1. The molecule has 0 saturated carbocycles. The number of hydrogen-bond acceptors (Lipinski definition) is 5. The number of carbonyl (C=O) groups excluding carboxylic acids is 3. The number of hydrogen-bond donors (Lipinski definition) is 2. The molecule has 1 aliphatic heterocycles. The Morgan fingerprint density at radius 1 is 1.14 bits per heavy atom. The Kier molecular flexibility index (Phi) is 6.46. The standard InChI is InChI=1S/C21H19N3O4S/c1-13-6-8-16(9-7-13)23-19(26)12-28-17-5-3-4-15(10-17)11-18-20(27)24-21(29-18)22-14(2)25/h3-11H,12H2,1-2H3,(H,23,26)(H,22,24,25,27). The zero-order valence-corrected chi connectivity index (χ0v) is 16.7. The second-order valence-electron chi connectivity index (χ2n) is 6.29. The number of rotatable bonds is 5. The molecule has 8 heteroatoms. The van der Waals surface area contributed by atoms with Crippen molar-refractivity contribution in [1.82, 2.24) is 5.32 Å². The Balaban J connectivity index is 1.58. The Hall–Kier alpha value is -3.39. The van der Waals surface area contributed by atoms with Crippen LogP contribution in [0.3, 0.4) is 0 Å². The molecule has 0 aromatic heterocycles. The van der Waals surface area contributed by atoms with E-state index in [2.05, 4.69) is 15.6 Å². The Bertz CT molecular complexity index is 1010. The molecule has 0 bridgehead atoms. The Labute approximate surface area is 172 Å². The summed E-state index contributed by atoms with van der Waals surface area (Å²) in [5.74, 6) is -0.475. The second kappa shape index (κ2) is 9.20. The van der Waals surface area contributed by atoms with E-state index in [4.69, 9.17) is 4.74 Å². The van der Waals surface area contributed by atoms with Gasteiger partial charge in [-0.05, 0) is 54.6 Å². The lowest BCUT2D eigenvalue weighted by atomic mass is 10.2. The minimum atomic E-state index is -0.414. The average molecular weight is 409 g/mol. The van der Waals surface area contributed by atoms with Gasteiger partial charge in [0.2, 0.25) is 5.91 Å². The molecule has 0 unspecified atom stereocenters. The summed E-state index contributed by atoms with van der Waals surface area (Å²) >= 11 is 1.09. The highest BCUT2D eigenvalue weighted by molar-refractivity contribution is 8.18. The van der Waals surface area contributed by atoms with Crippen molar-refractivity contribution in [3.63, 3.8) is 0 Å². The van der Waals surface area contributed by atoms with Gasteiger partial charge >= 0.3 is 0 Å². The fraction of sp³-hybridized carbons (Fsp3) is 0.143. The van der Waals surface area contributed by atoms with Crippen molar-refractivity contribution >= 4 is 46.4 Å². The number of nitrogens with one attached hydrogen (secondary N) is 2. The molecule has 0 spiro atoms. The topological polar surface area (TPSA) is 96.9 Å². The predicted molar refractivity (Wildman–Crippen MR) is 114 cm³/mol. The molecule has 0 atom stereocenters. The van der Waals surface area contributed by atoms with Gasteiger partial charge < -0.3 is 15.4 Å². The summed E-state index contributed by atoms with van der Waals surface area (Å²) in [5, 5.41) is 5.52. The van der Waals surface area contributed by atoms with Crippen molar-refractivity contribution in [2.24, 2.45) is 4.99 Å². The number of amidine groups is 1. The molecule has 0 saturated heterocycles. The Morgan fingerprint density at radius 2 is 1.90 bits per heavy atom. The molecule has 148 valence electrons. The lowest BCUT2D eigenvalue weighted by Crippen LogP contribution is -2.23. The summed E-state index contributed by atoms with van der Waals surface area (Å²) in [6.45, 7) is 3.18. The first kappa shape index (κ1) is 20.3. The van der Waals surface area contributed by atoms with E-state index in [9.17, 15) is 14.4 Å². The quantitative estimate of drug-likeness (QED) is 0.740. The van der Waals surface area contributed by atoms with Crippen LogP contribution in [0.5, 0.6) is 5.75 Å². The fourth-order valence-corrected chi connectivity index (χ4v) is 3.30. The molecule has 3 amide bonds. The molecule has 0 aliphatic carbocycles. The molecule has 2 N–H and O–H groups in total. The number of aliphatic imine (C=N–C) groups is 1. The molecule has 0 radical (unpaired) electrons. The maximum absolute atomic E-state index is 12.1. The molecule has 2 aromatic carbocycles. The van der Waals surface area contributed by atoms with Gasteiger partial charge in [0.25, 0.3) is 11.8 Å². The third-order valence-corrected chi connectivity index (χ3v) is 4.66. The maximum atomic E-state index is 12.1. The summed E-state index contributed by atoms with van der Waals surface area (Å²) < 4.78 is 5.55. The molecule has 3 rings (SSSR count). The largest absolute Gasteiger partial charge is 0.484 e. The average Bonchev–Trinajstić information content (AvgIpc) is 3.00. The minimum Gasteiger partial charge on any atom is -0.484 e. The van der Waals surface area contributed by atoms with E-state index in [1.165, 1.54) is 6.92 Å².